The summed E-state index contributed by atoms with van der Waals surface area (Å²) >= 11 is 13.5. The fourth-order valence-corrected chi connectivity index (χ4v) is 5.14. The number of fused-ring (bicyclic) bond motifs is 1. The van der Waals surface area contributed by atoms with E-state index in [0.717, 1.165) is 15.6 Å². The maximum Gasteiger partial charge on any atom is 0.300 e. The van der Waals surface area contributed by atoms with Crippen molar-refractivity contribution >= 4 is 68.4 Å². The first-order valence-electron chi connectivity index (χ1n) is 9.75. The van der Waals surface area contributed by atoms with Crippen LogP contribution in [0.5, 0.6) is 0 Å². The number of benzene rings is 3. The first-order valence-corrected chi connectivity index (χ1v) is 11.4. The van der Waals surface area contributed by atoms with Crippen molar-refractivity contribution < 1.29 is 14.7 Å². The maximum absolute atomic E-state index is 13.3. The van der Waals surface area contributed by atoms with Crippen molar-refractivity contribution in [1.82, 2.24) is 0 Å². The van der Waals surface area contributed by atoms with Crippen LogP contribution in [0.25, 0.3) is 16.5 Å². The molecule has 5 rings (SSSR count). The Morgan fingerprint density at radius 1 is 0.906 bits per heavy atom. The van der Waals surface area contributed by atoms with E-state index in [4.69, 9.17) is 23.2 Å². The third-order valence-electron chi connectivity index (χ3n) is 5.48. The molecule has 4 nitrogen and oxygen atoms in total. The second kappa shape index (κ2) is 8.10. The topological polar surface area (TPSA) is 57.6 Å². The van der Waals surface area contributed by atoms with E-state index < -0.39 is 17.7 Å². The molecule has 4 aromatic rings. The minimum absolute atomic E-state index is 0.0174. The van der Waals surface area contributed by atoms with Gasteiger partial charge in [0.2, 0.25) is 0 Å². The maximum atomic E-state index is 13.3. The molecule has 3 aromatic carbocycles. The summed E-state index contributed by atoms with van der Waals surface area (Å²) in [7, 11) is 0. The van der Waals surface area contributed by atoms with Crippen LogP contribution in [0.15, 0.2) is 83.7 Å². The van der Waals surface area contributed by atoms with E-state index in [1.54, 1.807) is 12.1 Å². The van der Waals surface area contributed by atoms with Gasteiger partial charge in [-0.15, -0.1) is 11.3 Å². The van der Waals surface area contributed by atoms with Gasteiger partial charge in [0.15, 0.2) is 0 Å². The van der Waals surface area contributed by atoms with Crippen LogP contribution in [-0.4, -0.2) is 16.8 Å². The summed E-state index contributed by atoms with van der Waals surface area (Å²) in [6.45, 7) is 0. The van der Waals surface area contributed by atoms with Gasteiger partial charge in [-0.25, -0.2) is 0 Å². The Kier molecular flexibility index (Phi) is 5.25. The number of halogens is 2. The van der Waals surface area contributed by atoms with E-state index in [1.165, 1.54) is 22.3 Å². The molecule has 158 valence electrons. The largest absolute Gasteiger partial charge is 0.507 e. The summed E-state index contributed by atoms with van der Waals surface area (Å²) in [6.07, 6.45) is 0. The van der Waals surface area contributed by atoms with Crippen molar-refractivity contribution in [3.05, 3.63) is 104 Å². The van der Waals surface area contributed by atoms with E-state index >= 15 is 0 Å². The number of carbonyl (C=O) groups excluding carboxylic acids is 2. The van der Waals surface area contributed by atoms with E-state index in [-0.39, 0.29) is 16.4 Å². The molecule has 1 aliphatic heterocycles. The Bertz CT molecular complexity index is 1410. The SMILES string of the molecule is O=C1C(=O)N(c2cccc3ccccc23)C(c2cccs2)/C1=C(/O)c1ccc(Cl)c(Cl)c1. The Morgan fingerprint density at radius 2 is 1.69 bits per heavy atom. The number of hydrogen-bond acceptors (Lipinski definition) is 4. The standard InChI is InChI=1S/C25H15Cl2NO3S/c26-17-11-10-15(13-18(17)27)23(29)21-22(20-9-4-12-32-20)28(25(31)24(21)30)19-8-3-6-14-5-1-2-7-16(14)19/h1-13,22,29H/b23-21-. The minimum atomic E-state index is -0.768. The molecule has 1 saturated heterocycles. The second-order valence-electron chi connectivity index (χ2n) is 7.31. The highest BCUT2D eigenvalue weighted by atomic mass is 35.5. The lowest BCUT2D eigenvalue weighted by Crippen LogP contribution is -2.29. The molecule has 1 unspecified atom stereocenters. The summed E-state index contributed by atoms with van der Waals surface area (Å²) in [5, 5.41) is 15.4. The van der Waals surface area contributed by atoms with E-state index in [2.05, 4.69) is 0 Å². The van der Waals surface area contributed by atoms with Gasteiger partial charge in [0.05, 0.1) is 21.3 Å². The van der Waals surface area contributed by atoms with Crippen LogP contribution in [-0.2, 0) is 9.59 Å². The average molecular weight is 480 g/mol. The zero-order chi connectivity index (χ0) is 22.4. The lowest BCUT2D eigenvalue weighted by atomic mass is 9.99. The quantitative estimate of drug-likeness (QED) is 0.199. The number of nitrogens with zero attached hydrogens (tertiary/aromatic N) is 1. The molecule has 1 aliphatic rings. The van der Waals surface area contributed by atoms with Gasteiger partial charge in [-0.2, -0.15) is 0 Å². The van der Waals surface area contributed by atoms with Crippen LogP contribution < -0.4 is 4.90 Å². The lowest BCUT2D eigenvalue weighted by molar-refractivity contribution is -0.132. The zero-order valence-electron chi connectivity index (χ0n) is 16.5. The van der Waals surface area contributed by atoms with Gasteiger partial charge < -0.3 is 5.11 Å². The van der Waals surface area contributed by atoms with Crippen molar-refractivity contribution in [3.8, 4) is 0 Å². The Morgan fingerprint density at radius 3 is 2.44 bits per heavy atom. The third-order valence-corrected chi connectivity index (χ3v) is 7.14. The van der Waals surface area contributed by atoms with Crippen LogP contribution in [0.2, 0.25) is 10.0 Å². The van der Waals surface area contributed by atoms with Gasteiger partial charge in [0.1, 0.15) is 11.8 Å². The summed E-state index contributed by atoms with van der Waals surface area (Å²) in [6, 6.07) is 20.8. The van der Waals surface area contributed by atoms with Gasteiger partial charge in [-0.05, 0) is 41.1 Å². The first-order chi connectivity index (χ1) is 15.5. The fourth-order valence-electron chi connectivity index (χ4n) is 4.01. The van der Waals surface area contributed by atoms with Crippen molar-refractivity contribution in [2.45, 2.75) is 6.04 Å². The molecular weight excluding hydrogens is 465 g/mol. The van der Waals surface area contributed by atoms with Crippen molar-refractivity contribution in [3.63, 3.8) is 0 Å². The molecule has 1 atom stereocenters. The van der Waals surface area contributed by atoms with Gasteiger partial charge in [-0.1, -0.05) is 65.7 Å². The number of hydrogen-bond donors (Lipinski definition) is 1. The predicted octanol–water partition coefficient (Wildman–Crippen LogP) is 6.83. The monoisotopic (exact) mass is 479 g/mol. The number of carbonyl (C=O) groups is 2. The van der Waals surface area contributed by atoms with E-state index in [1.807, 2.05) is 60.0 Å². The van der Waals surface area contributed by atoms with Gasteiger partial charge in [0, 0.05) is 15.8 Å². The molecule has 1 amide bonds. The van der Waals surface area contributed by atoms with E-state index in [9.17, 15) is 14.7 Å². The van der Waals surface area contributed by atoms with Crippen molar-refractivity contribution in [2.24, 2.45) is 0 Å². The number of amides is 1. The van der Waals surface area contributed by atoms with Crippen LogP contribution in [0.3, 0.4) is 0 Å². The Labute approximate surface area is 197 Å². The summed E-state index contributed by atoms with van der Waals surface area (Å²) < 4.78 is 0. The van der Waals surface area contributed by atoms with Crippen LogP contribution in [0.4, 0.5) is 5.69 Å². The smallest absolute Gasteiger partial charge is 0.300 e. The second-order valence-corrected chi connectivity index (χ2v) is 9.11. The molecule has 0 bridgehead atoms. The summed E-state index contributed by atoms with van der Waals surface area (Å²) in [5.41, 5.74) is 0.942. The zero-order valence-corrected chi connectivity index (χ0v) is 18.8. The number of anilines is 1. The fraction of sp³-hybridized carbons (Fsp3) is 0.0400. The molecule has 0 aliphatic carbocycles. The number of ketones is 1. The molecule has 1 N–H and O–H groups in total. The van der Waals surface area contributed by atoms with Crippen LogP contribution >= 0.6 is 34.5 Å². The molecule has 0 radical (unpaired) electrons. The highest BCUT2D eigenvalue weighted by Crippen LogP contribution is 2.45. The molecule has 1 aromatic heterocycles. The third kappa shape index (κ3) is 3.30. The Balaban J connectivity index is 1.76. The molecule has 2 heterocycles. The number of rotatable bonds is 3. The first kappa shape index (κ1) is 20.8. The van der Waals surface area contributed by atoms with Crippen molar-refractivity contribution in [1.29, 1.82) is 0 Å². The predicted molar refractivity (Wildman–Crippen MR) is 130 cm³/mol. The summed E-state index contributed by atoms with van der Waals surface area (Å²) in [4.78, 5) is 28.8. The van der Waals surface area contributed by atoms with Gasteiger partial charge in [0.25, 0.3) is 11.7 Å². The van der Waals surface area contributed by atoms with Gasteiger partial charge in [-0.3, -0.25) is 14.5 Å². The minimum Gasteiger partial charge on any atom is -0.507 e. The van der Waals surface area contributed by atoms with Crippen molar-refractivity contribution in [2.75, 3.05) is 4.90 Å². The van der Waals surface area contributed by atoms with Crippen LogP contribution in [0.1, 0.15) is 16.5 Å². The molecular formula is C25H15Cl2NO3S. The number of aliphatic hydroxyl groups is 1. The normalized spacial score (nSPS) is 17.9. The Hall–Kier alpha value is -3.12. The van der Waals surface area contributed by atoms with E-state index in [0.29, 0.717) is 16.3 Å². The number of aliphatic hydroxyl groups excluding tert-OH is 1. The molecule has 7 heteroatoms. The molecule has 0 saturated carbocycles. The number of thiophene rings is 1. The number of Topliss-reactive ketones (excluding diaryl/α,β-unsaturated/α-hetero) is 1. The summed E-state index contributed by atoms with van der Waals surface area (Å²) in [5.74, 6) is -1.73. The average Bonchev–Trinajstić information content (AvgIpc) is 3.42. The highest BCUT2D eigenvalue weighted by molar-refractivity contribution is 7.10. The van der Waals surface area contributed by atoms with Crippen LogP contribution in [0, 0.1) is 0 Å². The molecule has 1 fully saturated rings. The highest BCUT2D eigenvalue weighted by Gasteiger charge is 2.47. The molecule has 32 heavy (non-hydrogen) atoms. The van der Waals surface area contributed by atoms with Gasteiger partial charge >= 0.3 is 0 Å². The lowest BCUT2D eigenvalue weighted by Gasteiger charge is -2.25. The molecule has 0 spiro atoms.